The van der Waals surface area contributed by atoms with Crippen LogP contribution in [0.25, 0.3) is 10.9 Å². The second-order valence-electron chi connectivity index (χ2n) is 2.74. The molecule has 0 saturated carbocycles. The summed E-state index contributed by atoms with van der Waals surface area (Å²) in [6.07, 6.45) is 3.60. The molecule has 13 heavy (non-hydrogen) atoms. The summed E-state index contributed by atoms with van der Waals surface area (Å²) in [7, 11) is 3.75. The van der Waals surface area contributed by atoms with E-state index in [1.54, 1.807) is 10.9 Å². The Labute approximate surface area is 84.1 Å². The third-order valence-electron chi connectivity index (χ3n) is 1.96. The molecular weight excluding hydrogens is 232 g/mol. The van der Waals surface area contributed by atoms with E-state index in [-0.39, 0.29) is 0 Å². The smallest absolute Gasteiger partial charge is 0.152 e. The van der Waals surface area contributed by atoms with Crippen molar-refractivity contribution in [2.45, 2.75) is 0 Å². The Morgan fingerprint density at radius 3 is 2.92 bits per heavy atom. The normalized spacial score (nSPS) is 10.7. The molecule has 0 bridgehead atoms. The van der Waals surface area contributed by atoms with Gasteiger partial charge >= 0.3 is 0 Å². The van der Waals surface area contributed by atoms with Gasteiger partial charge in [-0.2, -0.15) is 5.10 Å². The van der Waals surface area contributed by atoms with Gasteiger partial charge in [0.25, 0.3) is 0 Å². The molecule has 68 valence electrons. The Balaban J connectivity index is 2.88. The van der Waals surface area contributed by atoms with Gasteiger partial charge in [-0.15, -0.1) is 0 Å². The van der Waals surface area contributed by atoms with Gasteiger partial charge in [-0.3, -0.25) is 4.68 Å². The van der Waals surface area contributed by atoms with Gasteiger partial charge in [-0.05, 0) is 15.9 Å². The van der Waals surface area contributed by atoms with Crippen LogP contribution >= 0.6 is 15.9 Å². The number of aromatic nitrogens is 3. The number of nitrogens with zero attached hydrogens (tertiary/aromatic N) is 3. The van der Waals surface area contributed by atoms with Crippen LogP contribution in [0, 0.1) is 0 Å². The van der Waals surface area contributed by atoms with Crippen molar-refractivity contribution >= 4 is 32.7 Å². The van der Waals surface area contributed by atoms with E-state index in [9.17, 15) is 0 Å². The highest BCUT2D eigenvalue weighted by Crippen LogP contribution is 2.26. The average Bonchev–Trinajstić information content (AvgIpc) is 2.51. The van der Waals surface area contributed by atoms with Crippen LogP contribution in [0.15, 0.2) is 16.9 Å². The Hall–Kier alpha value is -1.10. The molecule has 0 aliphatic rings. The summed E-state index contributed by atoms with van der Waals surface area (Å²) in [5.41, 5.74) is 1.01. The fourth-order valence-electron chi connectivity index (χ4n) is 1.33. The van der Waals surface area contributed by atoms with Crippen LogP contribution in [-0.4, -0.2) is 21.8 Å². The summed E-state index contributed by atoms with van der Waals surface area (Å²) < 4.78 is 2.77. The van der Waals surface area contributed by atoms with Crippen molar-refractivity contribution in [3.8, 4) is 0 Å². The maximum Gasteiger partial charge on any atom is 0.152 e. The monoisotopic (exact) mass is 240 g/mol. The van der Waals surface area contributed by atoms with Gasteiger partial charge in [0, 0.05) is 30.2 Å². The molecule has 2 rings (SSSR count). The third kappa shape index (κ3) is 1.19. The number of hydrogen-bond donors (Lipinski definition) is 1. The second-order valence-corrected chi connectivity index (χ2v) is 3.59. The topological polar surface area (TPSA) is 42.7 Å². The lowest BCUT2D eigenvalue weighted by atomic mass is 10.3. The third-order valence-corrected chi connectivity index (χ3v) is 2.60. The molecule has 0 aromatic carbocycles. The van der Waals surface area contributed by atoms with E-state index in [2.05, 4.69) is 31.3 Å². The predicted molar refractivity (Wildman–Crippen MR) is 55.8 cm³/mol. The van der Waals surface area contributed by atoms with E-state index in [0.717, 1.165) is 21.2 Å². The molecule has 0 amide bonds. The fraction of sp³-hybridized carbons (Fsp3) is 0.250. The lowest BCUT2D eigenvalue weighted by Crippen LogP contribution is -1.97. The lowest BCUT2D eigenvalue weighted by Gasteiger charge is -2.03. The van der Waals surface area contributed by atoms with Crippen LogP contribution in [0.1, 0.15) is 0 Å². The van der Waals surface area contributed by atoms with Crippen molar-refractivity contribution in [3.63, 3.8) is 0 Å². The quantitative estimate of drug-likeness (QED) is 0.827. The molecule has 2 aromatic rings. The van der Waals surface area contributed by atoms with Crippen molar-refractivity contribution < 1.29 is 0 Å². The van der Waals surface area contributed by atoms with Crippen LogP contribution in [0.5, 0.6) is 0 Å². The molecule has 0 spiro atoms. The van der Waals surface area contributed by atoms with Gasteiger partial charge in [-0.1, -0.05) is 0 Å². The van der Waals surface area contributed by atoms with Crippen LogP contribution in [-0.2, 0) is 7.05 Å². The van der Waals surface area contributed by atoms with E-state index >= 15 is 0 Å². The van der Waals surface area contributed by atoms with E-state index in [0.29, 0.717) is 0 Å². The minimum atomic E-state index is 0.846. The number of aryl methyl sites for hydroxylation is 1. The Bertz CT molecular complexity index is 449. The van der Waals surface area contributed by atoms with Gasteiger partial charge in [0.05, 0.1) is 6.20 Å². The van der Waals surface area contributed by atoms with Gasteiger partial charge in [-0.25, -0.2) is 4.98 Å². The number of halogens is 1. The summed E-state index contributed by atoms with van der Waals surface area (Å²) >= 11 is 3.43. The second kappa shape index (κ2) is 2.99. The average molecular weight is 241 g/mol. The largest absolute Gasteiger partial charge is 0.371 e. The van der Waals surface area contributed by atoms with Gasteiger partial charge in [0.2, 0.25) is 0 Å². The summed E-state index contributed by atoms with van der Waals surface area (Å²) in [5, 5.41) is 8.27. The number of rotatable bonds is 1. The minimum absolute atomic E-state index is 0.846. The number of hydrogen-bond acceptors (Lipinski definition) is 3. The molecular formula is C8H9BrN4. The van der Waals surface area contributed by atoms with Crippen LogP contribution in [0.4, 0.5) is 5.82 Å². The van der Waals surface area contributed by atoms with Crippen molar-refractivity contribution in [1.29, 1.82) is 0 Å². The summed E-state index contributed by atoms with van der Waals surface area (Å²) in [6, 6.07) is 0. The molecule has 0 fully saturated rings. The Morgan fingerprint density at radius 1 is 1.46 bits per heavy atom. The lowest BCUT2D eigenvalue weighted by molar-refractivity contribution is 0.796. The molecule has 0 radical (unpaired) electrons. The van der Waals surface area contributed by atoms with Gasteiger partial charge in [0.15, 0.2) is 5.82 Å². The van der Waals surface area contributed by atoms with Crippen LogP contribution < -0.4 is 5.32 Å². The number of fused-ring (bicyclic) bond motifs is 1. The standard InChI is InChI=1S/C8H9BrN4/c1-10-8-7-5(3-12-13(7)2)6(9)4-11-8/h3-4H,1-2H3,(H,10,11). The highest BCUT2D eigenvalue weighted by Gasteiger charge is 2.08. The van der Waals surface area contributed by atoms with Crippen molar-refractivity contribution in [3.05, 3.63) is 16.9 Å². The predicted octanol–water partition coefficient (Wildman–Crippen LogP) is 1.77. The molecule has 4 nitrogen and oxygen atoms in total. The van der Waals surface area contributed by atoms with E-state index in [1.165, 1.54) is 0 Å². The number of anilines is 1. The molecule has 1 N–H and O–H groups in total. The number of nitrogens with one attached hydrogen (secondary N) is 1. The van der Waals surface area contributed by atoms with E-state index in [4.69, 9.17) is 0 Å². The van der Waals surface area contributed by atoms with Crippen molar-refractivity contribution in [2.75, 3.05) is 12.4 Å². The molecule has 0 unspecified atom stereocenters. The van der Waals surface area contributed by atoms with Crippen LogP contribution in [0.3, 0.4) is 0 Å². The molecule has 5 heteroatoms. The first-order chi connectivity index (χ1) is 6.24. The molecule has 2 aromatic heterocycles. The maximum atomic E-state index is 4.24. The Kier molecular flexibility index (Phi) is 1.95. The fourth-order valence-corrected chi connectivity index (χ4v) is 1.72. The molecule has 0 atom stereocenters. The minimum Gasteiger partial charge on any atom is -0.371 e. The number of pyridine rings is 1. The maximum absolute atomic E-state index is 4.24. The van der Waals surface area contributed by atoms with Gasteiger partial charge in [0.1, 0.15) is 5.52 Å². The van der Waals surface area contributed by atoms with E-state index in [1.807, 2.05) is 20.3 Å². The summed E-state index contributed by atoms with van der Waals surface area (Å²) in [5.74, 6) is 0.846. The van der Waals surface area contributed by atoms with Gasteiger partial charge < -0.3 is 5.32 Å². The highest BCUT2D eigenvalue weighted by atomic mass is 79.9. The molecule has 0 saturated heterocycles. The SMILES string of the molecule is CNc1ncc(Br)c2cnn(C)c12. The zero-order valence-corrected chi connectivity index (χ0v) is 8.96. The molecule has 0 aliphatic carbocycles. The van der Waals surface area contributed by atoms with Crippen molar-refractivity contribution in [2.24, 2.45) is 7.05 Å². The zero-order chi connectivity index (χ0) is 9.42. The summed E-state index contributed by atoms with van der Waals surface area (Å²) in [6.45, 7) is 0. The van der Waals surface area contributed by atoms with Crippen LogP contribution in [0.2, 0.25) is 0 Å². The molecule has 0 aliphatic heterocycles. The first kappa shape index (κ1) is 8.50. The first-order valence-corrected chi connectivity index (χ1v) is 4.67. The zero-order valence-electron chi connectivity index (χ0n) is 7.37. The highest BCUT2D eigenvalue weighted by molar-refractivity contribution is 9.10. The van der Waals surface area contributed by atoms with Crippen molar-refractivity contribution in [1.82, 2.24) is 14.8 Å². The first-order valence-electron chi connectivity index (χ1n) is 3.88. The summed E-state index contributed by atoms with van der Waals surface area (Å²) in [4.78, 5) is 4.24. The van der Waals surface area contributed by atoms with E-state index < -0.39 is 0 Å². The Morgan fingerprint density at radius 2 is 2.23 bits per heavy atom. The molecule has 2 heterocycles.